The van der Waals surface area contributed by atoms with E-state index >= 15 is 0 Å². The first-order valence-corrected chi connectivity index (χ1v) is 5.14. The zero-order chi connectivity index (χ0) is 12.4. The van der Waals surface area contributed by atoms with Crippen LogP contribution in [0.3, 0.4) is 0 Å². The molecule has 0 saturated carbocycles. The molecule has 0 fully saturated rings. The number of amides is 1. The molecule has 6 heteroatoms. The molecule has 2 heterocycles. The van der Waals surface area contributed by atoms with E-state index in [1.807, 2.05) is 0 Å². The Balaban J connectivity index is 2.54. The lowest BCUT2D eigenvalue weighted by Crippen LogP contribution is -2.24. The van der Waals surface area contributed by atoms with Crippen molar-refractivity contribution in [2.45, 2.75) is 13.5 Å². The Bertz CT molecular complexity index is 612. The summed E-state index contributed by atoms with van der Waals surface area (Å²) in [5.74, 6) is 0.175. The highest BCUT2D eigenvalue weighted by atomic mass is 16.5. The number of methoxy groups -OCH3 is 1. The highest BCUT2D eigenvalue weighted by molar-refractivity contribution is 5.77. The summed E-state index contributed by atoms with van der Waals surface area (Å²) in [6.07, 6.45) is 1.67. The maximum atomic E-state index is 12.1. The third kappa shape index (κ3) is 2.01. The molecule has 0 aromatic carbocycles. The Kier molecular flexibility index (Phi) is 2.86. The molecular weight excluding hydrogens is 222 g/mol. The van der Waals surface area contributed by atoms with Gasteiger partial charge >= 0.3 is 0 Å². The smallest absolute Gasteiger partial charge is 0.217 e. The van der Waals surface area contributed by atoms with Crippen LogP contribution in [0.5, 0.6) is 5.88 Å². The van der Waals surface area contributed by atoms with Crippen LogP contribution in [0.4, 0.5) is 0 Å². The number of hydrogen-bond donors (Lipinski definition) is 3. The van der Waals surface area contributed by atoms with Gasteiger partial charge in [-0.25, -0.2) is 0 Å². The number of hydrogen-bond acceptors (Lipinski definition) is 3. The van der Waals surface area contributed by atoms with Crippen molar-refractivity contribution in [2.75, 3.05) is 7.11 Å². The SMILES string of the molecule is COc1[nH]c2cc[nH]c2c(=O)c1CNC(C)=O. The third-order valence-electron chi connectivity index (χ3n) is 2.49. The van der Waals surface area contributed by atoms with E-state index in [4.69, 9.17) is 4.74 Å². The lowest BCUT2D eigenvalue weighted by molar-refractivity contribution is -0.119. The first kappa shape index (κ1) is 11.3. The minimum atomic E-state index is -0.196. The summed E-state index contributed by atoms with van der Waals surface area (Å²) >= 11 is 0. The zero-order valence-corrected chi connectivity index (χ0v) is 9.59. The number of aromatic amines is 2. The fourth-order valence-corrected chi connectivity index (χ4v) is 1.66. The first-order valence-electron chi connectivity index (χ1n) is 5.14. The van der Waals surface area contributed by atoms with Crippen molar-refractivity contribution >= 4 is 16.9 Å². The Morgan fingerprint density at radius 1 is 1.53 bits per heavy atom. The molecule has 0 unspecified atom stereocenters. The van der Waals surface area contributed by atoms with Crippen LogP contribution in [-0.2, 0) is 11.3 Å². The van der Waals surface area contributed by atoms with Crippen molar-refractivity contribution < 1.29 is 9.53 Å². The highest BCUT2D eigenvalue weighted by Crippen LogP contribution is 2.16. The number of pyridine rings is 1. The minimum Gasteiger partial charge on any atom is -0.482 e. The van der Waals surface area contributed by atoms with Crippen molar-refractivity contribution in [3.63, 3.8) is 0 Å². The number of H-pyrrole nitrogens is 2. The monoisotopic (exact) mass is 235 g/mol. The van der Waals surface area contributed by atoms with Gasteiger partial charge in [0.25, 0.3) is 0 Å². The topological polar surface area (TPSA) is 87.0 Å². The summed E-state index contributed by atoms with van der Waals surface area (Å²) in [7, 11) is 1.47. The van der Waals surface area contributed by atoms with Gasteiger partial charge in [0.05, 0.1) is 24.7 Å². The van der Waals surface area contributed by atoms with Crippen LogP contribution in [-0.4, -0.2) is 23.0 Å². The summed E-state index contributed by atoms with van der Waals surface area (Å²) < 4.78 is 5.12. The quantitative estimate of drug-likeness (QED) is 0.724. The van der Waals surface area contributed by atoms with E-state index < -0.39 is 0 Å². The van der Waals surface area contributed by atoms with Crippen molar-refractivity contribution in [3.8, 4) is 5.88 Å². The van der Waals surface area contributed by atoms with Crippen LogP contribution < -0.4 is 15.5 Å². The molecule has 0 spiro atoms. The minimum absolute atomic E-state index is 0.142. The largest absolute Gasteiger partial charge is 0.482 e. The number of rotatable bonds is 3. The van der Waals surface area contributed by atoms with Crippen LogP contribution in [0.25, 0.3) is 11.0 Å². The normalized spacial score (nSPS) is 10.5. The summed E-state index contributed by atoms with van der Waals surface area (Å²) in [4.78, 5) is 28.8. The number of aromatic nitrogens is 2. The molecule has 2 rings (SSSR count). The Labute approximate surface area is 97.0 Å². The molecule has 0 aliphatic rings. The third-order valence-corrected chi connectivity index (χ3v) is 2.49. The molecule has 0 atom stereocenters. The first-order chi connectivity index (χ1) is 8.13. The lowest BCUT2D eigenvalue weighted by Gasteiger charge is -2.08. The van der Waals surface area contributed by atoms with Crippen molar-refractivity contribution in [3.05, 3.63) is 28.0 Å². The fraction of sp³-hybridized carbons (Fsp3) is 0.273. The van der Waals surface area contributed by atoms with Gasteiger partial charge in [0.1, 0.15) is 5.52 Å². The molecule has 2 aromatic heterocycles. The van der Waals surface area contributed by atoms with Gasteiger partial charge in [0, 0.05) is 13.1 Å². The molecule has 0 aliphatic carbocycles. The molecule has 1 amide bonds. The van der Waals surface area contributed by atoms with E-state index in [-0.39, 0.29) is 17.9 Å². The predicted molar refractivity (Wildman–Crippen MR) is 63.0 cm³/mol. The molecule has 90 valence electrons. The number of nitrogens with one attached hydrogen (secondary N) is 3. The van der Waals surface area contributed by atoms with Gasteiger partial charge in [0.2, 0.25) is 11.3 Å². The molecule has 6 nitrogen and oxygen atoms in total. The van der Waals surface area contributed by atoms with Crippen molar-refractivity contribution in [2.24, 2.45) is 0 Å². The standard InChI is InChI=1S/C11H13N3O3/c1-6(15)13-5-7-10(16)9-8(3-4-12-9)14-11(7)17-2/h3-4,12H,5H2,1-2H3,(H,13,15)(H,14,16). The summed E-state index contributed by atoms with van der Waals surface area (Å²) in [5, 5.41) is 2.58. The molecule has 0 saturated heterocycles. The van der Waals surface area contributed by atoms with Gasteiger partial charge in [-0.15, -0.1) is 0 Å². The predicted octanol–water partition coefficient (Wildman–Crippen LogP) is 0.501. The van der Waals surface area contributed by atoms with Gasteiger partial charge in [0.15, 0.2) is 5.88 Å². The summed E-state index contributed by atoms with van der Waals surface area (Å²) in [5.41, 5.74) is 1.39. The second-order valence-electron chi connectivity index (χ2n) is 3.64. The van der Waals surface area contributed by atoms with E-state index in [2.05, 4.69) is 15.3 Å². The lowest BCUT2D eigenvalue weighted by atomic mass is 10.2. The van der Waals surface area contributed by atoms with E-state index in [0.717, 1.165) is 0 Å². The van der Waals surface area contributed by atoms with Crippen molar-refractivity contribution in [1.29, 1.82) is 0 Å². The maximum Gasteiger partial charge on any atom is 0.217 e. The van der Waals surface area contributed by atoms with Crippen LogP contribution in [0.15, 0.2) is 17.1 Å². The van der Waals surface area contributed by atoms with Gasteiger partial charge in [-0.05, 0) is 6.07 Å². The molecule has 3 N–H and O–H groups in total. The second-order valence-corrected chi connectivity index (χ2v) is 3.64. The van der Waals surface area contributed by atoms with Gasteiger partial charge in [-0.3, -0.25) is 9.59 Å². The average Bonchev–Trinajstić information content (AvgIpc) is 2.75. The molecule has 17 heavy (non-hydrogen) atoms. The Morgan fingerprint density at radius 3 is 2.94 bits per heavy atom. The van der Waals surface area contributed by atoms with E-state index in [9.17, 15) is 9.59 Å². The number of carbonyl (C=O) groups excluding carboxylic acids is 1. The number of ether oxygens (including phenoxy) is 1. The van der Waals surface area contributed by atoms with Crippen LogP contribution in [0, 0.1) is 0 Å². The fourth-order valence-electron chi connectivity index (χ4n) is 1.66. The molecular formula is C11H13N3O3. The zero-order valence-electron chi connectivity index (χ0n) is 9.59. The van der Waals surface area contributed by atoms with E-state index in [1.54, 1.807) is 12.3 Å². The van der Waals surface area contributed by atoms with Gasteiger partial charge in [-0.1, -0.05) is 0 Å². The average molecular weight is 235 g/mol. The summed E-state index contributed by atoms with van der Waals surface area (Å²) in [6, 6.07) is 1.75. The maximum absolute atomic E-state index is 12.1. The van der Waals surface area contributed by atoms with Gasteiger partial charge in [-0.2, -0.15) is 0 Å². The number of carbonyl (C=O) groups is 1. The molecule has 0 radical (unpaired) electrons. The molecule has 2 aromatic rings. The van der Waals surface area contributed by atoms with E-state index in [1.165, 1.54) is 14.0 Å². The molecule has 0 aliphatic heterocycles. The summed E-state index contributed by atoms with van der Waals surface area (Å²) in [6.45, 7) is 1.54. The number of fused-ring (bicyclic) bond motifs is 1. The second kappa shape index (κ2) is 4.32. The molecule has 0 bridgehead atoms. The Morgan fingerprint density at radius 2 is 2.29 bits per heavy atom. The van der Waals surface area contributed by atoms with Crippen LogP contribution in [0.2, 0.25) is 0 Å². The van der Waals surface area contributed by atoms with Gasteiger partial charge < -0.3 is 20.0 Å². The Hall–Kier alpha value is -2.24. The van der Waals surface area contributed by atoms with Crippen LogP contribution >= 0.6 is 0 Å². The highest BCUT2D eigenvalue weighted by Gasteiger charge is 2.13. The van der Waals surface area contributed by atoms with Crippen LogP contribution in [0.1, 0.15) is 12.5 Å². The van der Waals surface area contributed by atoms with Crippen molar-refractivity contribution in [1.82, 2.24) is 15.3 Å². The van der Waals surface area contributed by atoms with E-state index in [0.29, 0.717) is 22.5 Å².